The highest BCUT2D eigenvalue weighted by molar-refractivity contribution is 14.0. The minimum atomic E-state index is -3.31. The third kappa shape index (κ3) is 9.73. The third-order valence-corrected chi connectivity index (χ3v) is 4.79. The van der Waals surface area contributed by atoms with E-state index in [1.807, 2.05) is 23.8 Å². The normalized spacial score (nSPS) is 15.2. The van der Waals surface area contributed by atoms with Crippen molar-refractivity contribution in [3.63, 3.8) is 0 Å². The van der Waals surface area contributed by atoms with Gasteiger partial charge in [-0.05, 0) is 50.1 Å². The number of rotatable bonds is 8. The minimum Gasteiger partial charge on any atom is -0.384 e. The van der Waals surface area contributed by atoms with Crippen LogP contribution in [0.15, 0.2) is 21.8 Å². The molecule has 25 heavy (non-hydrogen) atoms. The van der Waals surface area contributed by atoms with E-state index in [0.717, 1.165) is 11.8 Å². The molecule has 0 saturated carbocycles. The Balaban J connectivity index is 0.00000576. The van der Waals surface area contributed by atoms with Crippen molar-refractivity contribution in [2.75, 3.05) is 25.9 Å². The number of thiophene rings is 1. The summed E-state index contributed by atoms with van der Waals surface area (Å²) in [6.45, 7) is 8.41. The number of hydrogen-bond acceptors (Lipinski definition) is 5. The Kier molecular flexibility index (Phi) is 9.87. The molecular weight excluding hydrogens is 475 g/mol. The van der Waals surface area contributed by atoms with Gasteiger partial charge in [-0.15, -0.1) is 24.0 Å². The Hall–Kier alpha value is -0.430. The van der Waals surface area contributed by atoms with Gasteiger partial charge in [0.2, 0.25) is 10.0 Å². The van der Waals surface area contributed by atoms with E-state index in [0.29, 0.717) is 12.5 Å². The monoisotopic (exact) mass is 504 g/mol. The summed E-state index contributed by atoms with van der Waals surface area (Å²) in [5.74, 6) is 0.524. The molecule has 1 atom stereocenters. The van der Waals surface area contributed by atoms with E-state index < -0.39 is 21.2 Å². The van der Waals surface area contributed by atoms with E-state index in [1.165, 1.54) is 11.3 Å². The SMILES string of the molecule is CCNC(=NCC(C)(C)NS(C)(=O)=O)NCC(C)(O)c1ccsc1.I. The summed E-state index contributed by atoms with van der Waals surface area (Å²) in [5.41, 5.74) is -0.877. The van der Waals surface area contributed by atoms with E-state index in [1.54, 1.807) is 20.8 Å². The molecule has 1 heterocycles. The van der Waals surface area contributed by atoms with Gasteiger partial charge in [-0.1, -0.05) is 0 Å². The van der Waals surface area contributed by atoms with Crippen LogP contribution < -0.4 is 15.4 Å². The summed E-state index contributed by atoms with van der Waals surface area (Å²) in [7, 11) is -3.31. The van der Waals surface area contributed by atoms with Crippen LogP contribution in [0.3, 0.4) is 0 Å². The molecule has 1 aromatic heterocycles. The van der Waals surface area contributed by atoms with Crippen LogP contribution in [-0.2, 0) is 15.6 Å². The molecule has 0 aliphatic carbocycles. The highest BCUT2D eigenvalue weighted by Crippen LogP contribution is 2.21. The van der Waals surface area contributed by atoms with Crippen LogP contribution in [0.1, 0.15) is 33.3 Å². The van der Waals surface area contributed by atoms with Crippen molar-refractivity contribution in [1.29, 1.82) is 0 Å². The second-order valence-corrected chi connectivity index (χ2v) is 9.12. The van der Waals surface area contributed by atoms with E-state index in [2.05, 4.69) is 20.3 Å². The first kappa shape index (κ1) is 24.6. The number of nitrogens with zero attached hydrogens (tertiary/aromatic N) is 1. The average Bonchev–Trinajstić information content (AvgIpc) is 2.94. The van der Waals surface area contributed by atoms with Crippen LogP contribution in [0.2, 0.25) is 0 Å². The Morgan fingerprint density at radius 3 is 2.44 bits per heavy atom. The second-order valence-electron chi connectivity index (χ2n) is 6.59. The highest BCUT2D eigenvalue weighted by atomic mass is 127. The van der Waals surface area contributed by atoms with E-state index in [9.17, 15) is 13.5 Å². The number of guanidine groups is 1. The van der Waals surface area contributed by atoms with Crippen molar-refractivity contribution in [1.82, 2.24) is 15.4 Å². The Morgan fingerprint density at radius 1 is 1.32 bits per heavy atom. The summed E-state index contributed by atoms with van der Waals surface area (Å²) < 4.78 is 25.3. The summed E-state index contributed by atoms with van der Waals surface area (Å²) in [4.78, 5) is 4.41. The van der Waals surface area contributed by atoms with Crippen LogP contribution in [0.4, 0.5) is 0 Å². The molecule has 146 valence electrons. The molecule has 0 aliphatic rings. The maximum atomic E-state index is 11.4. The Labute approximate surface area is 171 Å². The summed E-state index contributed by atoms with van der Waals surface area (Å²) in [6.07, 6.45) is 1.12. The molecule has 0 bridgehead atoms. The van der Waals surface area contributed by atoms with Gasteiger partial charge in [-0.2, -0.15) is 11.3 Å². The van der Waals surface area contributed by atoms with E-state index >= 15 is 0 Å². The smallest absolute Gasteiger partial charge is 0.209 e. The zero-order chi connectivity index (χ0) is 18.4. The van der Waals surface area contributed by atoms with Crippen molar-refractivity contribution >= 4 is 51.3 Å². The molecule has 4 N–H and O–H groups in total. The molecule has 0 fully saturated rings. The Bertz CT molecular complexity index is 644. The van der Waals surface area contributed by atoms with Crippen molar-refractivity contribution in [2.24, 2.45) is 4.99 Å². The molecular formula is C15H29IN4O3S2. The van der Waals surface area contributed by atoms with Crippen molar-refractivity contribution < 1.29 is 13.5 Å². The van der Waals surface area contributed by atoms with E-state index in [-0.39, 0.29) is 37.1 Å². The fraction of sp³-hybridized carbons (Fsp3) is 0.667. The van der Waals surface area contributed by atoms with Crippen LogP contribution in [0.25, 0.3) is 0 Å². The van der Waals surface area contributed by atoms with Gasteiger partial charge < -0.3 is 15.7 Å². The maximum absolute atomic E-state index is 11.4. The number of sulfonamides is 1. The fourth-order valence-electron chi connectivity index (χ4n) is 2.08. The van der Waals surface area contributed by atoms with E-state index in [4.69, 9.17) is 0 Å². The zero-order valence-electron chi connectivity index (χ0n) is 15.3. The van der Waals surface area contributed by atoms with Crippen LogP contribution in [-0.4, -0.2) is 50.9 Å². The highest BCUT2D eigenvalue weighted by Gasteiger charge is 2.25. The number of hydrogen-bond donors (Lipinski definition) is 4. The van der Waals surface area contributed by atoms with Gasteiger partial charge in [0.05, 0.1) is 19.3 Å². The van der Waals surface area contributed by atoms with Crippen LogP contribution in [0, 0.1) is 0 Å². The predicted octanol–water partition coefficient (Wildman–Crippen LogP) is 1.46. The quantitative estimate of drug-likeness (QED) is 0.244. The summed E-state index contributed by atoms with van der Waals surface area (Å²) in [6, 6.07) is 1.88. The van der Waals surface area contributed by atoms with Crippen molar-refractivity contribution in [3.05, 3.63) is 22.4 Å². The molecule has 0 saturated heterocycles. The van der Waals surface area contributed by atoms with Crippen molar-refractivity contribution in [3.8, 4) is 0 Å². The number of aliphatic imine (C=N–C) groups is 1. The first-order valence-corrected chi connectivity index (χ1v) is 10.5. The number of nitrogens with one attached hydrogen (secondary N) is 3. The maximum Gasteiger partial charge on any atom is 0.209 e. The average molecular weight is 504 g/mol. The largest absolute Gasteiger partial charge is 0.384 e. The molecule has 0 aliphatic heterocycles. The molecule has 0 aromatic carbocycles. The Morgan fingerprint density at radius 2 is 1.96 bits per heavy atom. The standard InChI is InChI=1S/C15H28N4O3S2.HI/c1-6-16-13(17-10-14(2,3)19-24(5,21)22)18-11-15(4,20)12-7-8-23-9-12;/h7-9,19-20H,6,10-11H2,1-5H3,(H2,16,17,18);1H. The lowest BCUT2D eigenvalue weighted by Crippen LogP contribution is -2.48. The molecule has 1 aromatic rings. The molecule has 7 nitrogen and oxygen atoms in total. The zero-order valence-corrected chi connectivity index (χ0v) is 19.3. The van der Waals surface area contributed by atoms with Crippen LogP contribution >= 0.6 is 35.3 Å². The third-order valence-electron chi connectivity index (χ3n) is 3.18. The van der Waals surface area contributed by atoms with Crippen LogP contribution in [0.5, 0.6) is 0 Å². The molecule has 0 amide bonds. The lowest BCUT2D eigenvalue weighted by Gasteiger charge is -2.26. The minimum absolute atomic E-state index is 0. The molecule has 1 unspecified atom stereocenters. The lowest BCUT2D eigenvalue weighted by molar-refractivity contribution is 0.0621. The number of halogens is 1. The van der Waals surface area contributed by atoms with Gasteiger partial charge in [0.25, 0.3) is 0 Å². The van der Waals surface area contributed by atoms with Gasteiger partial charge >= 0.3 is 0 Å². The van der Waals surface area contributed by atoms with Gasteiger partial charge in [-0.25, -0.2) is 13.1 Å². The first-order valence-electron chi connectivity index (χ1n) is 7.71. The molecule has 10 heteroatoms. The van der Waals surface area contributed by atoms with Gasteiger partial charge in [-0.3, -0.25) is 4.99 Å². The second kappa shape index (κ2) is 10.0. The van der Waals surface area contributed by atoms with Gasteiger partial charge in [0.15, 0.2) is 5.96 Å². The van der Waals surface area contributed by atoms with Gasteiger partial charge in [0.1, 0.15) is 5.60 Å². The molecule has 1 rings (SSSR count). The van der Waals surface area contributed by atoms with Gasteiger partial charge in [0, 0.05) is 12.1 Å². The topological polar surface area (TPSA) is 103 Å². The number of aliphatic hydroxyl groups is 1. The molecule has 0 radical (unpaired) electrons. The first-order chi connectivity index (χ1) is 11.0. The fourth-order valence-corrected chi connectivity index (χ4v) is 3.93. The van der Waals surface area contributed by atoms with Crippen molar-refractivity contribution in [2.45, 2.75) is 38.8 Å². The molecule has 0 spiro atoms. The summed E-state index contributed by atoms with van der Waals surface area (Å²) in [5, 5.41) is 20.6. The predicted molar refractivity (Wildman–Crippen MR) is 115 cm³/mol. The summed E-state index contributed by atoms with van der Waals surface area (Å²) >= 11 is 1.53. The lowest BCUT2D eigenvalue weighted by atomic mass is 9.99.